The average molecular weight is 485 g/mol. The van der Waals surface area contributed by atoms with Gasteiger partial charge in [0.15, 0.2) is 6.61 Å². The molecule has 182 valence electrons. The quantitative estimate of drug-likeness (QED) is 0.381. The number of alkyl halides is 6. The number of benzene rings is 2. The molecular formula is C24H21F6NO3. The summed E-state index contributed by atoms with van der Waals surface area (Å²) in [7, 11) is 0. The fraction of sp³-hybridized carbons (Fsp3) is 0.292. The molecule has 3 aromatic rings. The Morgan fingerprint density at radius 1 is 0.882 bits per heavy atom. The molecule has 4 nitrogen and oxygen atoms in total. The van der Waals surface area contributed by atoms with Gasteiger partial charge in [-0.25, -0.2) is 4.79 Å². The third kappa shape index (κ3) is 6.12. The summed E-state index contributed by atoms with van der Waals surface area (Å²) in [6, 6.07) is 10.8. The number of nitrogens with one attached hydrogen (secondary N) is 1. The van der Waals surface area contributed by atoms with Gasteiger partial charge in [0.25, 0.3) is 0 Å². The van der Waals surface area contributed by atoms with Gasteiger partial charge in [-0.15, -0.1) is 0 Å². The summed E-state index contributed by atoms with van der Waals surface area (Å²) in [5.74, 6) is -0.186. The van der Waals surface area contributed by atoms with Gasteiger partial charge in [-0.3, -0.25) is 5.32 Å². The zero-order chi connectivity index (χ0) is 25.3. The van der Waals surface area contributed by atoms with Gasteiger partial charge in [-0.2, -0.15) is 26.3 Å². The van der Waals surface area contributed by atoms with Crippen LogP contribution in [-0.2, 0) is 29.1 Å². The summed E-state index contributed by atoms with van der Waals surface area (Å²) >= 11 is 0. The van der Waals surface area contributed by atoms with Crippen molar-refractivity contribution in [3.63, 3.8) is 0 Å². The molecule has 0 saturated carbocycles. The third-order valence-electron chi connectivity index (χ3n) is 4.85. The summed E-state index contributed by atoms with van der Waals surface area (Å²) in [5, 5.41) is 2.62. The molecule has 1 N–H and O–H groups in total. The topological polar surface area (TPSA) is 51.5 Å². The van der Waals surface area contributed by atoms with E-state index >= 15 is 0 Å². The summed E-state index contributed by atoms with van der Waals surface area (Å²) < 4.78 is 89.0. The number of ether oxygens (including phenoxy) is 1. The number of rotatable bonds is 4. The lowest BCUT2D eigenvalue weighted by atomic mass is 9.86. The van der Waals surface area contributed by atoms with Crippen LogP contribution in [0.25, 0.3) is 11.3 Å². The minimum absolute atomic E-state index is 0.0379. The molecule has 2 aromatic carbocycles. The number of amides is 1. The van der Waals surface area contributed by atoms with Crippen LogP contribution in [0.3, 0.4) is 0 Å². The number of hydrogen-bond donors (Lipinski definition) is 1. The van der Waals surface area contributed by atoms with Gasteiger partial charge in [0.2, 0.25) is 0 Å². The standard InChI is InChI=1S/C24H21F6NO3/c1-22(2,3)18-6-4-5-7-19(18)31-21(32)33-13-17-8-9-20(34-17)14-10-15(23(25,26)27)12-16(11-14)24(28,29)30/h4-12H,13H2,1-3H3,(H,31,32). The normalized spacial score (nSPS) is 12.5. The van der Waals surface area contributed by atoms with Gasteiger partial charge in [0.1, 0.15) is 11.5 Å². The highest BCUT2D eigenvalue weighted by molar-refractivity contribution is 5.86. The molecule has 0 unspecified atom stereocenters. The fourth-order valence-electron chi connectivity index (χ4n) is 3.24. The smallest absolute Gasteiger partial charge is 0.416 e. The lowest BCUT2D eigenvalue weighted by molar-refractivity contribution is -0.143. The van der Waals surface area contributed by atoms with Crippen LogP contribution in [0.1, 0.15) is 43.2 Å². The molecule has 3 rings (SSSR count). The SMILES string of the molecule is CC(C)(C)c1ccccc1NC(=O)OCc1ccc(-c2cc(C(F)(F)F)cc(C(F)(F)F)c2)o1. The molecule has 0 aliphatic rings. The van der Waals surface area contributed by atoms with Crippen molar-refractivity contribution in [2.45, 2.75) is 45.1 Å². The zero-order valence-electron chi connectivity index (χ0n) is 18.4. The zero-order valence-corrected chi connectivity index (χ0v) is 18.4. The van der Waals surface area contributed by atoms with Crippen LogP contribution in [0, 0.1) is 0 Å². The van der Waals surface area contributed by atoms with Gasteiger partial charge < -0.3 is 9.15 Å². The second-order valence-corrected chi connectivity index (χ2v) is 8.56. The minimum Gasteiger partial charge on any atom is -0.457 e. The van der Waals surface area contributed by atoms with Crippen LogP contribution in [0.5, 0.6) is 0 Å². The number of furan rings is 1. The second kappa shape index (κ2) is 9.08. The lowest BCUT2D eigenvalue weighted by Crippen LogP contribution is -2.19. The van der Waals surface area contributed by atoms with Crippen LogP contribution >= 0.6 is 0 Å². The van der Waals surface area contributed by atoms with E-state index < -0.39 is 35.1 Å². The molecule has 0 aliphatic carbocycles. The third-order valence-corrected chi connectivity index (χ3v) is 4.85. The Balaban J connectivity index is 1.75. The van der Waals surface area contributed by atoms with Gasteiger partial charge in [0.05, 0.1) is 11.1 Å². The van der Waals surface area contributed by atoms with Gasteiger partial charge in [-0.1, -0.05) is 39.0 Å². The fourth-order valence-corrected chi connectivity index (χ4v) is 3.24. The highest BCUT2D eigenvalue weighted by Gasteiger charge is 2.37. The molecule has 1 heterocycles. The molecular weight excluding hydrogens is 464 g/mol. The molecule has 1 amide bonds. The Morgan fingerprint density at radius 2 is 1.47 bits per heavy atom. The minimum atomic E-state index is -4.98. The molecule has 1 aromatic heterocycles. The van der Waals surface area contributed by atoms with Crippen LogP contribution in [0.2, 0.25) is 0 Å². The van der Waals surface area contributed by atoms with E-state index in [-0.39, 0.29) is 29.6 Å². The van der Waals surface area contributed by atoms with E-state index in [4.69, 9.17) is 9.15 Å². The van der Waals surface area contributed by atoms with Crippen LogP contribution in [0.15, 0.2) is 59.0 Å². The molecule has 0 saturated heterocycles. The average Bonchev–Trinajstić information content (AvgIpc) is 3.19. The van der Waals surface area contributed by atoms with Crippen molar-refractivity contribution >= 4 is 11.8 Å². The van der Waals surface area contributed by atoms with Crippen molar-refractivity contribution < 1.29 is 40.3 Å². The Bertz CT molecular complexity index is 1140. The first-order chi connectivity index (χ1) is 15.6. The summed E-state index contributed by atoms with van der Waals surface area (Å²) in [6.45, 7) is 5.54. The number of carbonyl (C=O) groups excluding carboxylic acids is 1. The Hall–Kier alpha value is -3.43. The van der Waals surface area contributed by atoms with E-state index in [1.807, 2.05) is 32.9 Å². The van der Waals surface area contributed by atoms with Crippen molar-refractivity contribution in [3.05, 3.63) is 77.0 Å². The van der Waals surface area contributed by atoms with E-state index in [0.29, 0.717) is 17.8 Å². The van der Waals surface area contributed by atoms with E-state index in [1.54, 1.807) is 12.1 Å². The molecule has 34 heavy (non-hydrogen) atoms. The van der Waals surface area contributed by atoms with E-state index in [0.717, 1.165) is 5.56 Å². The first kappa shape index (κ1) is 25.2. The molecule has 0 radical (unpaired) electrons. The molecule has 0 fully saturated rings. The summed E-state index contributed by atoms with van der Waals surface area (Å²) in [4.78, 5) is 12.2. The lowest BCUT2D eigenvalue weighted by Gasteiger charge is -2.22. The van der Waals surface area contributed by atoms with Gasteiger partial charge in [-0.05, 0) is 47.4 Å². The maximum Gasteiger partial charge on any atom is 0.416 e. The summed E-state index contributed by atoms with van der Waals surface area (Å²) in [5.41, 5.74) is -2.15. The first-order valence-corrected chi connectivity index (χ1v) is 10.1. The molecule has 10 heteroatoms. The Morgan fingerprint density at radius 3 is 2.03 bits per heavy atom. The van der Waals surface area contributed by atoms with Crippen LogP contribution in [0.4, 0.5) is 36.8 Å². The van der Waals surface area contributed by atoms with Crippen molar-refractivity contribution in [3.8, 4) is 11.3 Å². The maximum absolute atomic E-state index is 13.1. The molecule has 0 atom stereocenters. The molecule has 0 bridgehead atoms. The van der Waals surface area contributed by atoms with Crippen molar-refractivity contribution in [2.75, 3.05) is 5.32 Å². The van der Waals surface area contributed by atoms with Crippen molar-refractivity contribution in [1.82, 2.24) is 0 Å². The van der Waals surface area contributed by atoms with Crippen molar-refractivity contribution in [1.29, 1.82) is 0 Å². The maximum atomic E-state index is 13.1. The second-order valence-electron chi connectivity index (χ2n) is 8.56. The number of anilines is 1. The monoisotopic (exact) mass is 485 g/mol. The van der Waals surface area contributed by atoms with E-state index in [1.165, 1.54) is 12.1 Å². The number of hydrogen-bond acceptors (Lipinski definition) is 3. The number of halogens is 6. The Labute approximate surface area is 191 Å². The Kier molecular flexibility index (Phi) is 6.73. The number of carbonyl (C=O) groups is 1. The number of para-hydroxylation sites is 1. The highest BCUT2D eigenvalue weighted by atomic mass is 19.4. The molecule has 0 spiro atoms. The van der Waals surface area contributed by atoms with Crippen molar-refractivity contribution in [2.24, 2.45) is 0 Å². The van der Waals surface area contributed by atoms with Crippen LogP contribution < -0.4 is 5.32 Å². The van der Waals surface area contributed by atoms with Gasteiger partial charge >= 0.3 is 18.4 Å². The summed E-state index contributed by atoms with van der Waals surface area (Å²) in [6.07, 6.45) is -10.8. The van der Waals surface area contributed by atoms with Crippen LogP contribution in [-0.4, -0.2) is 6.09 Å². The van der Waals surface area contributed by atoms with E-state index in [9.17, 15) is 31.1 Å². The van der Waals surface area contributed by atoms with Gasteiger partial charge in [0, 0.05) is 11.3 Å². The first-order valence-electron chi connectivity index (χ1n) is 10.1. The van der Waals surface area contributed by atoms with E-state index in [2.05, 4.69) is 5.32 Å². The largest absolute Gasteiger partial charge is 0.457 e. The highest BCUT2D eigenvalue weighted by Crippen LogP contribution is 2.39. The predicted molar refractivity (Wildman–Crippen MR) is 113 cm³/mol. The molecule has 0 aliphatic heterocycles. The predicted octanol–water partition coefficient (Wildman–Crippen LogP) is 8.03.